The summed E-state index contributed by atoms with van der Waals surface area (Å²) in [6.07, 6.45) is -1.23. The zero-order valence-electron chi connectivity index (χ0n) is 19.7. The molecule has 1 aliphatic rings. The molecule has 0 N–H and O–H groups in total. The summed E-state index contributed by atoms with van der Waals surface area (Å²) in [5, 5.41) is 0.473. The summed E-state index contributed by atoms with van der Waals surface area (Å²) >= 11 is 6.00. The number of hydrogen-bond acceptors (Lipinski definition) is 5. The first kappa shape index (κ1) is 24.2. The zero-order chi connectivity index (χ0) is 26.1. The molecule has 0 aromatic heterocycles. The van der Waals surface area contributed by atoms with E-state index in [1.54, 1.807) is 72.8 Å². The van der Waals surface area contributed by atoms with E-state index in [0.29, 0.717) is 21.8 Å². The molecule has 1 aliphatic heterocycles. The van der Waals surface area contributed by atoms with Crippen LogP contribution in [0.4, 0.5) is 5.69 Å². The molecule has 37 heavy (non-hydrogen) atoms. The van der Waals surface area contributed by atoms with E-state index in [0.717, 1.165) is 10.5 Å². The van der Waals surface area contributed by atoms with E-state index in [-0.39, 0.29) is 16.7 Å². The number of aryl methyl sites for hydroxylation is 1. The number of anilines is 1. The minimum absolute atomic E-state index is 0.0471. The molecule has 2 amide bonds. The number of ether oxygens (including phenoxy) is 1. The molecule has 7 heteroatoms. The normalized spacial score (nSPS) is 13.3. The SMILES string of the molecule is Cc1cccc(N2C(=O)c3ccc(C(=O)O[C@H](C(=O)c4ccccc4)c4ccc(Cl)cc4)cc3C2=O)c1. The van der Waals surface area contributed by atoms with Crippen molar-refractivity contribution in [2.45, 2.75) is 13.0 Å². The van der Waals surface area contributed by atoms with Gasteiger partial charge in [-0.2, -0.15) is 0 Å². The van der Waals surface area contributed by atoms with E-state index in [1.165, 1.54) is 18.2 Å². The number of esters is 1. The Balaban J connectivity index is 1.45. The smallest absolute Gasteiger partial charge is 0.339 e. The monoisotopic (exact) mass is 509 g/mol. The first-order chi connectivity index (χ1) is 17.8. The Morgan fingerprint density at radius 3 is 2.16 bits per heavy atom. The lowest BCUT2D eigenvalue weighted by Crippen LogP contribution is -2.29. The van der Waals surface area contributed by atoms with Crippen molar-refractivity contribution in [2.24, 2.45) is 0 Å². The summed E-state index contributed by atoms with van der Waals surface area (Å²) < 4.78 is 5.69. The second-order valence-electron chi connectivity index (χ2n) is 8.61. The Morgan fingerprint density at radius 2 is 1.46 bits per heavy atom. The van der Waals surface area contributed by atoms with Crippen molar-refractivity contribution in [3.05, 3.63) is 135 Å². The lowest BCUT2D eigenvalue weighted by Gasteiger charge is -2.18. The lowest BCUT2D eigenvalue weighted by molar-refractivity contribution is 0.0280. The van der Waals surface area contributed by atoms with Crippen LogP contribution < -0.4 is 4.90 Å². The van der Waals surface area contributed by atoms with Gasteiger partial charge in [0.2, 0.25) is 5.78 Å². The van der Waals surface area contributed by atoms with Gasteiger partial charge >= 0.3 is 5.97 Å². The number of rotatable bonds is 6. The fraction of sp³-hybridized carbons (Fsp3) is 0.0667. The molecule has 1 heterocycles. The number of ketones is 1. The number of imide groups is 1. The highest BCUT2D eigenvalue weighted by atomic mass is 35.5. The van der Waals surface area contributed by atoms with Gasteiger partial charge in [0.15, 0.2) is 6.10 Å². The molecular weight excluding hydrogens is 490 g/mol. The maximum atomic E-state index is 13.3. The molecule has 0 spiro atoms. The number of Topliss-reactive ketones (excluding diaryl/α,β-unsaturated/α-hetero) is 1. The molecule has 1 atom stereocenters. The molecule has 0 radical (unpaired) electrons. The lowest BCUT2D eigenvalue weighted by atomic mass is 9.99. The summed E-state index contributed by atoms with van der Waals surface area (Å²) in [4.78, 5) is 53.7. The van der Waals surface area contributed by atoms with Gasteiger partial charge in [0, 0.05) is 16.1 Å². The van der Waals surface area contributed by atoms with Crippen molar-refractivity contribution >= 4 is 40.9 Å². The van der Waals surface area contributed by atoms with Crippen molar-refractivity contribution in [3.8, 4) is 0 Å². The van der Waals surface area contributed by atoms with Gasteiger partial charge in [-0.05, 0) is 55.0 Å². The van der Waals surface area contributed by atoms with Crippen LogP contribution in [0.2, 0.25) is 5.02 Å². The second kappa shape index (κ2) is 9.84. The van der Waals surface area contributed by atoms with Crippen molar-refractivity contribution in [3.63, 3.8) is 0 Å². The van der Waals surface area contributed by atoms with Crippen LogP contribution in [0.5, 0.6) is 0 Å². The van der Waals surface area contributed by atoms with Gasteiger partial charge in [-0.1, -0.05) is 66.2 Å². The first-order valence-electron chi connectivity index (χ1n) is 11.5. The van der Waals surface area contributed by atoms with E-state index in [2.05, 4.69) is 0 Å². The number of hydrogen-bond donors (Lipinski definition) is 0. The van der Waals surface area contributed by atoms with Gasteiger partial charge in [0.1, 0.15) is 0 Å². The van der Waals surface area contributed by atoms with E-state index >= 15 is 0 Å². The second-order valence-corrected chi connectivity index (χ2v) is 9.05. The van der Waals surface area contributed by atoms with Crippen LogP contribution in [0, 0.1) is 6.92 Å². The average Bonchev–Trinajstić information content (AvgIpc) is 3.17. The molecule has 182 valence electrons. The fourth-order valence-corrected chi connectivity index (χ4v) is 4.33. The van der Waals surface area contributed by atoms with Crippen molar-refractivity contribution in [1.29, 1.82) is 0 Å². The number of carbonyl (C=O) groups is 4. The summed E-state index contributed by atoms with van der Waals surface area (Å²) in [5.74, 6) is -2.21. The molecule has 4 aromatic rings. The van der Waals surface area contributed by atoms with Crippen molar-refractivity contribution < 1.29 is 23.9 Å². The van der Waals surface area contributed by atoms with Crippen LogP contribution in [0.3, 0.4) is 0 Å². The van der Waals surface area contributed by atoms with Crippen LogP contribution >= 0.6 is 11.6 Å². The number of fused-ring (bicyclic) bond motifs is 1. The minimum atomic E-state index is -1.23. The number of carbonyl (C=O) groups excluding carboxylic acids is 4. The molecule has 0 fully saturated rings. The third-order valence-corrected chi connectivity index (χ3v) is 6.33. The maximum absolute atomic E-state index is 13.3. The Labute approximate surface area is 218 Å². The van der Waals surface area contributed by atoms with Crippen LogP contribution in [0.1, 0.15) is 58.7 Å². The van der Waals surface area contributed by atoms with Gasteiger partial charge in [-0.3, -0.25) is 14.4 Å². The number of nitrogens with zero attached hydrogens (tertiary/aromatic N) is 1. The highest BCUT2D eigenvalue weighted by Crippen LogP contribution is 2.31. The summed E-state index contributed by atoms with van der Waals surface area (Å²) in [6, 6.07) is 26.2. The van der Waals surface area contributed by atoms with Crippen LogP contribution in [-0.2, 0) is 4.74 Å². The summed E-state index contributed by atoms with van der Waals surface area (Å²) in [5.41, 5.74) is 2.51. The van der Waals surface area contributed by atoms with Crippen LogP contribution in [0.15, 0.2) is 97.1 Å². The molecule has 0 unspecified atom stereocenters. The predicted molar refractivity (Wildman–Crippen MR) is 139 cm³/mol. The fourth-order valence-electron chi connectivity index (χ4n) is 4.21. The minimum Gasteiger partial charge on any atom is -0.445 e. The van der Waals surface area contributed by atoms with Crippen LogP contribution in [-0.4, -0.2) is 23.6 Å². The molecule has 0 saturated carbocycles. The molecule has 0 bridgehead atoms. The highest BCUT2D eigenvalue weighted by Gasteiger charge is 2.37. The summed E-state index contributed by atoms with van der Waals surface area (Å²) in [6.45, 7) is 1.86. The largest absolute Gasteiger partial charge is 0.445 e. The van der Waals surface area contributed by atoms with Crippen LogP contribution in [0.25, 0.3) is 0 Å². The molecule has 4 aromatic carbocycles. The highest BCUT2D eigenvalue weighted by molar-refractivity contribution is 6.34. The third kappa shape index (κ3) is 4.67. The Hall–Kier alpha value is -4.55. The zero-order valence-corrected chi connectivity index (χ0v) is 20.4. The van der Waals surface area contributed by atoms with E-state index in [1.807, 2.05) is 13.0 Å². The van der Waals surface area contributed by atoms with Gasteiger partial charge in [0.25, 0.3) is 11.8 Å². The molecular formula is C30H20ClNO5. The Morgan fingerprint density at radius 1 is 0.757 bits per heavy atom. The standard InChI is InChI=1S/C30H20ClNO5/c1-18-6-5-9-23(16-18)32-28(34)24-15-12-21(17-25(24)29(32)35)30(36)37-27(20-10-13-22(31)14-11-20)26(33)19-7-3-2-4-8-19/h2-17,27H,1H3/t27-/m0/s1. The average molecular weight is 510 g/mol. The van der Waals surface area contributed by atoms with E-state index in [4.69, 9.17) is 16.3 Å². The number of amides is 2. The van der Waals surface area contributed by atoms with Crippen molar-refractivity contribution in [1.82, 2.24) is 0 Å². The van der Waals surface area contributed by atoms with E-state index in [9.17, 15) is 19.2 Å². The summed E-state index contributed by atoms with van der Waals surface area (Å²) in [7, 11) is 0. The van der Waals surface area contributed by atoms with E-state index < -0.39 is 29.7 Å². The quantitative estimate of drug-likeness (QED) is 0.175. The number of halogens is 1. The molecule has 0 aliphatic carbocycles. The predicted octanol–water partition coefficient (Wildman–Crippen LogP) is 6.23. The molecule has 0 saturated heterocycles. The first-order valence-corrected chi connectivity index (χ1v) is 11.9. The Kier molecular flexibility index (Phi) is 6.42. The number of benzene rings is 4. The van der Waals surface area contributed by atoms with Gasteiger partial charge in [-0.25, -0.2) is 9.69 Å². The third-order valence-electron chi connectivity index (χ3n) is 6.08. The molecule has 6 nitrogen and oxygen atoms in total. The van der Waals surface area contributed by atoms with Gasteiger partial charge in [0.05, 0.1) is 22.4 Å². The molecule has 5 rings (SSSR count). The van der Waals surface area contributed by atoms with Crippen molar-refractivity contribution in [2.75, 3.05) is 4.90 Å². The van der Waals surface area contributed by atoms with Gasteiger partial charge in [-0.15, -0.1) is 0 Å². The van der Waals surface area contributed by atoms with Gasteiger partial charge < -0.3 is 4.74 Å². The Bertz CT molecular complexity index is 1550. The maximum Gasteiger partial charge on any atom is 0.339 e. The topological polar surface area (TPSA) is 80.8 Å².